The average molecular weight is 283 g/mol. The van der Waals surface area contributed by atoms with Gasteiger partial charge < -0.3 is 10.6 Å². The van der Waals surface area contributed by atoms with Crippen molar-refractivity contribution < 1.29 is 0 Å². The lowest BCUT2D eigenvalue weighted by Crippen LogP contribution is -2.28. The molecule has 0 amide bonds. The minimum Gasteiger partial charge on any atom is -0.354 e. The highest BCUT2D eigenvalue weighted by Gasteiger charge is 2.34. The van der Waals surface area contributed by atoms with E-state index in [0.717, 1.165) is 25.6 Å². The van der Waals surface area contributed by atoms with Crippen molar-refractivity contribution in [2.45, 2.75) is 38.3 Å². The number of aromatic nitrogens is 3. The third kappa shape index (κ3) is 3.25. The molecule has 7 heteroatoms. The van der Waals surface area contributed by atoms with Crippen molar-refractivity contribution in [1.29, 1.82) is 0 Å². The van der Waals surface area contributed by atoms with E-state index < -0.39 is 0 Å². The Morgan fingerprint density at radius 2 is 2.00 bits per heavy atom. The van der Waals surface area contributed by atoms with Crippen LogP contribution in [0.15, 0.2) is 0 Å². The summed E-state index contributed by atoms with van der Waals surface area (Å²) in [6.07, 6.45) is 3.85. The van der Waals surface area contributed by atoms with Crippen LogP contribution >= 0.6 is 11.6 Å². The molecule has 1 aromatic heterocycles. The summed E-state index contributed by atoms with van der Waals surface area (Å²) in [5, 5.41) is 6.65. The molecular formula is C12H19ClN6. The van der Waals surface area contributed by atoms with Crippen molar-refractivity contribution in [2.24, 2.45) is 0 Å². The minimum atomic E-state index is 0.227. The van der Waals surface area contributed by atoms with Gasteiger partial charge in [-0.2, -0.15) is 15.0 Å². The van der Waals surface area contributed by atoms with Crippen LogP contribution in [0.2, 0.25) is 5.28 Å². The summed E-state index contributed by atoms with van der Waals surface area (Å²) in [5.41, 5.74) is 0. The van der Waals surface area contributed by atoms with Gasteiger partial charge in [-0.3, -0.25) is 4.90 Å². The first-order valence-corrected chi connectivity index (χ1v) is 7.28. The zero-order valence-electron chi connectivity index (χ0n) is 11.1. The second-order valence-corrected chi connectivity index (χ2v) is 5.48. The highest BCUT2D eigenvalue weighted by molar-refractivity contribution is 6.28. The Morgan fingerprint density at radius 1 is 1.21 bits per heavy atom. The van der Waals surface area contributed by atoms with Gasteiger partial charge in [-0.15, -0.1) is 0 Å². The monoisotopic (exact) mass is 282 g/mol. The Labute approximate surface area is 118 Å². The van der Waals surface area contributed by atoms with E-state index in [1.165, 1.54) is 19.4 Å². The van der Waals surface area contributed by atoms with E-state index in [1.807, 2.05) is 6.92 Å². The maximum atomic E-state index is 5.91. The van der Waals surface area contributed by atoms with Gasteiger partial charge in [0.15, 0.2) is 0 Å². The number of likely N-dealkylation sites (tertiary alicyclic amines) is 1. The van der Waals surface area contributed by atoms with Gasteiger partial charge in [0.1, 0.15) is 0 Å². The molecule has 1 aliphatic heterocycles. The predicted octanol–water partition coefficient (Wildman–Crippen LogP) is 1.61. The van der Waals surface area contributed by atoms with Crippen molar-refractivity contribution in [3.63, 3.8) is 0 Å². The quantitative estimate of drug-likeness (QED) is 0.855. The molecule has 0 bridgehead atoms. The fourth-order valence-corrected chi connectivity index (χ4v) is 2.67. The molecule has 2 fully saturated rings. The molecule has 3 rings (SSSR count). The number of halogens is 1. The summed E-state index contributed by atoms with van der Waals surface area (Å²) in [6.45, 7) is 5.00. The van der Waals surface area contributed by atoms with Crippen LogP contribution in [0.3, 0.4) is 0 Å². The molecule has 2 aliphatic rings. The zero-order valence-corrected chi connectivity index (χ0v) is 11.8. The molecule has 1 saturated heterocycles. The largest absolute Gasteiger partial charge is 0.354 e. The van der Waals surface area contributed by atoms with Gasteiger partial charge in [0.05, 0.1) is 0 Å². The lowest BCUT2D eigenvalue weighted by Gasteiger charge is -2.16. The third-order valence-corrected chi connectivity index (χ3v) is 3.73. The minimum absolute atomic E-state index is 0.227. The first-order chi connectivity index (χ1) is 9.24. The molecular weight excluding hydrogens is 264 g/mol. The predicted molar refractivity (Wildman–Crippen MR) is 75.6 cm³/mol. The highest BCUT2D eigenvalue weighted by Crippen LogP contribution is 2.30. The van der Waals surface area contributed by atoms with Crippen LogP contribution in [0.25, 0.3) is 0 Å². The fourth-order valence-electron chi connectivity index (χ4n) is 2.51. The van der Waals surface area contributed by atoms with E-state index in [2.05, 4.69) is 30.5 Å². The summed E-state index contributed by atoms with van der Waals surface area (Å²) >= 11 is 5.91. The van der Waals surface area contributed by atoms with E-state index in [-0.39, 0.29) is 5.28 Å². The number of rotatable bonds is 5. The second kappa shape index (κ2) is 5.46. The highest BCUT2D eigenvalue weighted by atomic mass is 35.5. The van der Waals surface area contributed by atoms with Crippen LogP contribution in [-0.2, 0) is 0 Å². The maximum Gasteiger partial charge on any atom is 0.229 e. The molecule has 104 valence electrons. The number of hydrogen-bond donors (Lipinski definition) is 2. The molecule has 2 N–H and O–H groups in total. The normalized spacial score (nSPS) is 23.6. The zero-order chi connectivity index (χ0) is 13.2. The summed E-state index contributed by atoms with van der Waals surface area (Å²) in [6, 6.07) is 1.24. The van der Waals surface area contributed by atoms with Gasteiger partial charge >= 0.3 is 0 Å². The van der Waals surface area contributed by atoms with E-state index in [1.54, 1.807) is 0 Å². The molecule has 0 spiro atoms. The summed E-state index contributed by atoms with van der Waals surface area (Å²) < 4.78 is 0. The van der Waals surface area contributed by atoms with Crippen molar-refractivity contribution in [2.75, 3.05) is 30.3 Å². The van der Waals surface area contributed by atoms with Gasteiger partial charge in [-0.25, -0.2) is 0 Å². The smallest absolute Gasteiger partial charge is 0.229 e. The van der Waals surface area contributed by atoms with Crippen molar-refractivity contribution in [3.05, 3.63) is 5.28 Å². The Hall–Kier alpha value is -1.14. The summed E-state index contributed by atoms with van der Waals surface area (Å²) in [5.74, 6) is 1.10. The molecule has 1 unspecified atom stereocenters. The number of nitrogens with one attached hydrogen (secondary N) is 2. The van der Waals surface area contributed by atoms with Crippen LogP contribution < -0.4 is 10.6 Å². The number of hydrogen-bond acceptors (Lipinski definition) is 6. The van der Waals surface area contributed by atoms with Gasteiger partial charge in [0, 0.05) is 31.7 Å². The maximum absolute atomic E-state index is 5.91. The Kier molecular flexibility index (Phi) is 3.70. The molecule has 1 aliphatic carbocycles. The molecule has 0 aromatic carbocycles. The Balaban J connectivity index is 1.62. The third-order valence-electron chi connectivity index (χ3n) is 3.56. The summed E-state index contributed by atoms with van der Waals surface area (Å²) in [4.78, 5) is 15.0. The van der Waals surface area contributed by atoms with Gasteiger partial charge in [0.2, 0.25) is 17.2 Å². The molecule has 2 heterocycles. The van der Waals surface area contributed by atoms with Crippen molar-refractivity contribution >= 4 is 23.5 Å². The van der Waals surface area contributed by atoms with E-state index in [9.17, 15) is 0 Å². The van der Waals surface area contributed by atoms with E-state index in [4.69, 9.17) is 11.6 Å². The van der Waals surface area contributed by atoms with Crippen LogP contribution in [-0.4, -0.2) is 51.6 Å². The molecule has 1 atom stereocenters. The van der Waals surface area contributed by atoms with Gasteiger partial charge in [-0.1, -0.05) is 0 Å². The molecule has 6 nitrogen and oxygen atoms in total. The molecule has 1 saturated carbocycles. The van der Waals surface area contributed by atoms with Crippen LogP contribution in [0.4, 0.5) is 11.9 Å². The van der Waals surface area contributed by atoms with Crippen molar-refractivity contribution in [3.8, 4) is 0 Å². The number of anilines is 2. The van der Waals surface area contributed by atoms with Crippen LogP contribution in [0.5, 0.6) is 0 Å². The lowest BCUT2D eigenvalue weighted by molar-refractivity contribution is 0.326. The van der Waals surface area contributed by atoms with Gasteiger partial charge in [-0.05, 0) is 37.8 Å². The SMILES string of the molecule is CCNc1nc(Cl)nc(NC2CCN(C3CC3)C2)n1. The average Bonchev–Trinajstić information content (AvgIpc) is 3.11. The first kappa shape index (κ1) is 12.9. The molecule has 19 heavy (non-hydrogen) atoms. The van der Waals surface area contributed by atoms with E-state index >= 15 is 0 Å². The Morgan fingerprint density at radius 3 is 2.74 bits per heavy atom. The molecule has 1 aromatic rings. The standard InChI is InChI=1S/C12H19ClN6/c1-2-14-11-16-10(13)17-12(18-11)15-8-5-6-19(7-8)9-3-4-9/h8-9H,2-7H2,1H3,(H2,14,15,16,17,18). The van der Waals surface area contributed by atoms with Crippen molar-refractivity contribution in [1.82, 2.24) is 19.9 Å². The Bertz CT molecular complexity index is 450. The van der Waals surface area contributed by atoms with E-state index in [0.29, 0.717) is 17.9 Å². The van der Waals surface area contributed by atoms with Gasteiger partial charge in [0.25, 0.3) is 0 Å². The van der Waals surface area contributed by atoms with Crippen LogP contribution in [0.1, 0.15) is 26.2 Å². The second-order valence-electron chi connectivity index (χ2n) is 5.14. The summed E-state index contributed by atoms with van der Waals surface area (Å²) in [7, 11) is 0. The topological polar surface area (TPSA) is 66.0 Å². The van der Waals surface area contributed by atoms with Crippen LogP contribution in [0, 0.1) is 0 Å². The number of nitrogens with zero attached hydrogens (tertiary/aromatic N) is 4. The fraction of sp³-hybridized carbons (Fsp3) is 0.750. The molecule has 0 radical (unpaired) electrons. The first-order valence-electron chi connectivity index (χ1n) is 6.90. The lowest BCUT2D eigenvalue weighted by atomic mass is 10.3.